The molecule has 3 rings (SSSR count). The monoisotopic (exact) mass is 296 g/mol. The Hall–Kier alpha value is -2.02. The SMILES string of the molecule is O=S(=O)(c1ncccc1F)N1CCc2ccc(F)cc21. The lowest BCUT2D eigenvalue weighted by atomic mass is 10.2. The molecule has 1 aromatic carbocycles. The van der Waals surface area contributed by atoms with Gasteiger partial charge >= 0.3 is 0 Å². The van der Waals surface area contributed by atoms with Gasteiger partial charge in [0.1, 0.15) is 5.82 Å². The molecule has 7 heteroatoms. The minimum Gasteiger partial charge on any atom is -0.264 e. The van der Waals surface area contributed by atoms with Crippen molar-refractivity contribution in [3.63, 3.8) is 0 Å². The Balaban J connectivity index is 2.12. The first kappa shape index (κ1) is 13.0. The van der Waals surface area contributed by atoms with E-state index in [1.807, 2.05) is 0 Å². The number of anilines is 1. The molecule has 0 spiro atoms. The number of halogens is 2. The van der Waals surface area contributed by atoms with Crippen molar-refractivity contribution in [1.82, 2.24) is 4.98 Å². The Morgan fingerprint density at radius 3 is 2.75 bits per heavy atom. The predicted molar refractivity (Wildman–Crippen MR) is 68.8 cm³/mol. The highest BCUT2D eigenvalue weighted by Crippen LogP contribution is 2.33. The third-order valence-corrected chi connectivity index (χ3v) is 4.91. The Morgan fingerprint density at radius 1 is 1.20 bits per heavy atom. The summed E-state index contributed by atoms with van der Waals surface area (Å²) in [6.07, 6.45) is 1.67. The first-order valence-corrected chi connectivity index (χ1v) is 7.36. The average molecular weight is 296 g/mol. The van der Waals surface area contributed by atoms with E-state index in [0.717, 1.165) is 16.4 Å². The third kappa shape index (κ3) is 1.94. The molecule has 1 aliphatic rings. The number of sulfonamides is 1. The number of pyridine rings is 1. The van der Waals surface area contributed by atoms with E-state index in [-0.39, 0.29) is 12.2 Å². The molecule has 104 valence electrons. The van der Waals surface area contributed by atoms with E-state index < -0.39 is 26.7 Å². The summed E-state index contributed by atoms with van der Waals surface area (Å²) in [5.41, 5.74) is 0.960. The number of fused-ring (bicyclic) bond motifs is 1. The summed E-state index contributed by atoms with van der Waals surface area (Å²) < 4.78 is 52.8. The van der Waals surface area contributed by atoms with E-state index in [0.29, 0.717) is 12.0 Å². The fourth-order valence-electron chi connectivity index (χ4n) is 2.24. The zero-order valence-corrected chi connectivity index (χ0v) is 11.1. The first-order chi connectivity index (χ1) is 9.50. The van der Waals surface area contributed by atoms with Crippen LogP contribution >= 0.6 is 0 Å². The maximum Gasteiger partial charge on any atom is 0.284 e. The number of hydrogen-bond acceptors (Lipinski definition) is 3. The highest BCUT2D eigenvalue weighted by atomic mass is 32.2. The summed E-state index contributed by atoms with van der Waals surface area (Å²) in [7, 11) is -4.12. The Morgan fingerprint density at radius 2 is 2.00 bits per heavy atom. The zero-order chi connectivity index (χ0) is 14.3. The number of benzene rings is 1. The fraction of sp³-hybridized carbons (Fsp3) is 0.154. The van der Waals surface area contributed by atoms with Crippen molar-refractivity contribution < 1.29 is 17.2 Å². The molecule has 0 saturated heterocycles. The van der Waals surface area contributed by atoms with Gasteiger partial charge in [0, 0.05) is 12.7 Å². The average Bonchev–Trinajstić information content (AvgIpc) is 2.82. The first-order valence-electron chi connectivity index (χ1n) is 5.92. The summed E-state index contributed by atoms with van der Waals surface area (Å²) in [6.45, 7) is 0.150. The van der Waals surface area contributed by atoms with Crippen LogP contribution in [0.4, 0.5) is 14.5 Å². The lowest BCUT2D eigenvalue weighted by molar-refractivity contribution is 0.551. The maximum absolute atomic E-state index is 13.7. The quantitative estimate of drug-likeness (QED) is 0.853. The van der Waals surface area contributed by atoms with E-state index in [1.165, 1.54) is 24.4 Å². The van der Waals surface area contributed by atoms with Crippen molar-refractivity contribution in [2.45, 2.75) is 11.4 Å². The minimum atomic E-state index is -4.12. The van der Waals surface area contributed by atoms with Crippen LogP contribution in [0.25, 0.3) is 0 Å². The molecule has 4 nitrogen and oxygen atoms in total. The van der Waals surface area contributed by atoms with Gasteiger partial charge in [0.15, 0.2) is 5.82 Å². The zero-order valence-electron chi connectivity index (χ0n) is 10.3. The highest BCUT2D eigenvalue weighted by Gasteiger charge is 2.33. The van der Waals surface area contributed by atoms with Crippen LogP contribution in [0.5, 0.6) is 0 Å². The van der Waals surface area contributed by atoms with Gasteiger partial charge in [-0.1, -0.05) is 6.07 Å². The van der Waals surface area contributed by atoms with Gasteiger partial charge in [-0.2, -0.15) is 8.42 Å². The van der Waals surface area contributed by atoms with Crippen molar-refractivity contribution in [3.05, 3.63) is 53.7 Å². The molecule has 0 saturated carbocycles. The number of aromatic nitrogens is 1. The molecule has 1 aromatic heterocycles. The Kier molecular flexibility index (Phi) is 2.93. The van der Waals surface area contributed by atoms with Crippen LogP contribution in [0, 0.1) is 11.6 Å². The summed E-state index contributed by atoms with van der Waals surface area (Å²) >= 11 is 0. The van der Waals surface area contributed by atoms with Crippen LogP contribution in [0.2, 0.25) is 0 Å². The van der Waals surface area contributed by atoms with Crippen LogP contribution in [0.1, 0.15) is 5.56 Å². The maximum atomic E-state index is 13.7. The van der Waals surface area contributed by atoms with Gasteiger partial charge < -0.3 is 0 Å². The van der Waals surface area contributed by atoms with Crippen molar-refractivity contribution in [3.8, 4) is 0 Å². The number of hydrogen-bond donors (Lipinski definition) is 0. The molecule has 1 aliphatic heterocycles. The molecule has 0 unspecified atom stereocenters. The number of rotatable bonds is 2. The molecule has 20 heavy (non-hydrogen) atoms. The second-order valence-electron chi connectivity index (χ2n) is 4.39. The normalized spacial score (nSPS) is 14.4. The van der Waals surface area contributed by atoms with Crippen molar-refractivity contribution in [1.29, 1.82) is 0 Å². The van der Waals surface area contributed by atoms with Crippen molar-refractivity contribution >= 4 is 15.7 Å². The summed E-state index contributed by atoms with van der Waals surface area (Å²) in [5.74, 6) is -1.45. The molecular formula is C13H10F2N2O2S. The second-order valence-corrected chi connectivity index (χ2v) is 6.17. The summed E-state index contributed by atoms with van der Waals surface area (Å²) in [4.78, 5) is 3.59. The van der Waals surface area contributed by atoms with Crippen LogP contribution in [0.3, 0.4) is 0 Å². The van der Waals surface area contributed by atoms with Gasteiger partial charge in [-0.3, -0.25) is 4.31 Å². The molecule has 2 aromatic rings. The minimum absolute atomic E-state index is 0.150. The second kappa shape index (κ2) is 4.52. The Bertz CT molecular complexity index is 778. The van der Waals surface area contributed by atoms with E-state index >= 15 is 0 Å². The third-order valence-electron chi connectivity index (χ3n) is 3.16. The lowest BCUT2D eigenvalue weighted by Gasteiger charge is -2.19. The molecular weight excluding hydrogens is 286 g/mol. The molecule has 0 bridgehead atoms. The van der Waals surface area contributed by atoms with Gasteiger partial charge in [-0.15, -0.1) is 0 Å². The summed E-state index contributed by atoms with van der Waals surface area (Å²) in [6, 6.07) is 6.29. The van der Waals surface area contributed by atoms with E-state index in [2.05, 4.69) is 4.98 Å². The van der Waals surface area contributed by atoms with Crippen LogP contribution in [-0.2, 0) is 16.4 Å². The van der Waals surface area contributed by atoms with Gasteiger partial charge in [-0.25, -0.2) is 13.8 Å². The topological polar surface area (TPSA) is 50.3 Å². The van der Waals surface area contributed by atoms with Crippen LogP contribution in [-0.4, -0.2) is 19.9 Å². The molecule has 0 atom stereocenters. The van der Waals surface area contributed by atoms with Crippen molar-refractivity contribution in [2.24, 2.45) is 0 Å². The molecule has 2 heterocycles. The van der Waals surface area contributed by atoms with Crippen LogP contribution < -0.4 is 4.31 Å². The standard InChI is InChI=1S/C13H10F2N2O2S/c14-10-4-3-9-5-7-17(12(9)8-10)20(18,19)13-11(15)2-1-6-16-13/h1-4,6,8H,5,7H2. The fourth-order valence-corrected chi connectivity index (χ4v) is 3.72. The van der Waals surface area contributed by atoms with Gasteiger partial charge in [0.2, 0.25) is 5.03 Å². The highest BCUT2D eigenvalue weighted by molar-refractivity contribution is 7.92. The molecule has 0 fully saturated rings. The van der Waals surface area contributed by atoms with Crippen LogP contribution in [0.15, 0.2) is 41.6 Å². The smallest absolute Gasteiger partial charge is 0.264 e. The molecule has 0 N–H and O–H groups in total. The molecule has 0 aliphatic carbocycles. The lowest BCUT2D eigenvalue weighted by Crippen LogP contribution is -2.30. The predicted octanol–water partition coefficient (Wildman–Crippen LogP) is 2.11. The van der Waals surface area contributed by atoms with E-state index in [9.17, 15) is 17.2 Å². The largest absolute Gasteiger partial charge is 0.284 e. The molecule has 0 radical (unpaired) electrons. The van der Waals surface area contributed by atoms with Gasteiger partial charge in [0.25, 0.3) is 10.0 Å². The Labute approximate surface area is 114 Å². The van der Waals surface area contributed by atoms with E-state index in [4.69, 9.17) is 0 Å². The van der Waals surface area contributed by atoms with Gasteiger partial charge in [-0.05, 0) is 36.2 Å². The number of nitrogens with zero attached hydrogens (tertiary/aromatic N) is 2. The van der Waals surface area contributed by atoms with Gasteiger partial charge in [0.05, 0.1) is 5.69 Å². The molecule has 0 amide bonds. The summed E-state index contributed by atoms with van der Waals surface area (Å²) in [5, 5.41) is -0.642. The van der Waals surface area contributed by atoms with Crippen molar-refractivity contribution in [2.75, 3.05) is 10.8 Å². The van der Waals surface area contributed by atoms with E-state index in [1.54, 1.807) is 0 Å².